The van der Waals surface area contributed by atoms with E-state index in [4.69, 9.17) is 9.47 Å². The Morgan fingerprint density at radius 1 is 1.08 bits per heavy atom. The molecule has 1 aromatic carbocycles. The number of benzene rings is 1. The van der Waals surface area contributed by atoms with Gasteiger partial charge in [0, 0.05) is 18.4 Å². The first-order valence-electron chi connectivity index (χ1n) is 9.42. The van der Waals surface area contributed by atoms with Crippen LogP contribution in [0.2, 0.25) is 0 Å². The standard InChI is InChI=1S/C21H27FO2/c1-15-2-4-16(5-3-15)18-6-7-19(20(22)14-18)17-8-10-21(11-9-17)23-12-13-24-21/h6-8,14-16H,2-5,9-13H2,1H3. The van der Waals surface area contributed by atoms with Gasteiger partial charge in [-0.25, -0.2) is 4.39 Å². The minimum Gasteiger partial charge on any atom is -0.347 e. The average molecular weight is 330 g/mol. The number of rotatable bonds is 2. The second-order valence-electron chi connectivity index (χ2n) is 7.74. The fourth-order valence-electron chi connectivity index (χ4n) is 4.45. The molecule has 1 spiro atoms. The van der Waals surface area contributed by atoms with Gasteiger partial charge in [0.1, 0.15) is 5.82 Å². The molecule has 1 heterocycles. The molecule has 0 aromatic heterocycles. The van der Waals surface area contributed by atoms with Crippen LogP contribution in [0.25, 0.3) is 5.57 Å². The number of hydrogen-bond donors (Lipinski definition) is 0. The molecule has 2 fully saturated rings. The van der Waals surface area contributed by atoms with Crippen LogP contribution in [-0.4, -0.2) is 19.0 Å². The highest BCUT2D eigenvalue weighted by molar-refractivity contribution is 5.67. The van der Waals surface area contributed by atoms with Crippen molar-refractivity contribution in [3.63, 3.8) is 0 Å². The monoisotopic (exact) mass is 330 g/mol. The summed E-state index contributed by atoms with van der Waals surface area (Å²) < 4.78 is 26.2. The molecule has 0 N–H and O–H groups in total. The lowest BCUT2D eigenvalue weighted by molar-refractivity contribution is -0.159. The molecule has 0 amide bonds. The van der Waals surface area contributed by atoms with Crippen molar-refractivity contribution >= 4 is 5.57 Å². The van der Waals surface area contributed by atoms with Crippen molar-refractivity contribution in [2.24, 2.45) is 5.92 Å². The van der Waals surface area contributed by atoms with Crippen molar-refractivity contribution in [1.82, 2.24) is 0 Å². The van der Waals surface area contributed by atoms with Gasteiger partial charge in [-0.3, -0.25) is 0 Å². The molecule has 0 unspecified atom stereocenters. The van der Waals surface area contributed by atoms with E-state index in [9.17, 15) is 4.39 Å². The summed E-state index contributed by atoms with van der Waals surface area (Å²) in [5.74, 6) is 0.860. The molecule has 1 aromatic rings. The average Bonchev–Trinajstić information content (AvgIpc) is 3.05. The summed E-state index contributed by atoms with van der Waals surface area (Å²) in [7, 11) is 0. The molecular weight excluding hydrogens is 303 g/mol. The van der Waals surface area contributed by atoms with Crippen molar-refractivity contribution in [2.75, 3.05) is 13.2 Å². The Morgan fingerprint density at radius 2 is 1.83 bits per heavy atom. The summed E-state index contributed by atoms with van der Waals surface area (Å²) in [6.45, 7) is 3.67. The molecule has 3 aliphatic rings. The molecule has 4 rings (SSSR count). The van der Waals surface area contributed by atoms with E-state index in [1.165, 1.54) is 31.2 Å². The predicted octanol–water partition coefficient (Wildman–Crippen LogP) is 5.43. The first kappa shape index (κ1) is 16.3. The van der Waals surface area contributed by atoms with E-state index in [-0.39, 0.29) is 5.82 Å². The van der Waals surface area contributed by atoms with Crippen LogP contribution < -0.4 is 0 Å². The van der Waals surface area contributed by atoms with Crippen molar-refractivity contribution in [2.45, 2.75) is 63.6 Å². The molecule has 0 atom stereocenters. The summed E-state index contributed by atoms with van der Waals surface area (Å²) in [5, 5.41) is 0. The molecule has 0 bridgehead atoms. The molecule has 130 valence electrons. The van der Waals surface area contributed by atoms with Crippen LogP contribution in [-0.2, 0) is 9.47 Å². The summed E-state index contributed by atoms with van der Waals surface area (Å²) in [6.07, 6.45) is 9.39. The maximum Gasteiger partial charge on any atom is 0.172 e. The molecular formula is C21H27FO2. The Bertz CT molecular complexity index is 623. The molecule has 1 saturated heterocycles. The van der Waals surface area contributed by atoms with E-state index >= 15 is 0 Å². The summed E-state index contributed by atoms with van der Waals surface area (Å²) in [4.78, 5) is 0. The topological polar surface area (TPSA) is 18.5 Å². The largest absolute Gasteiger partial charge is 0.347 e. The van der Waals surface area contributed by atoms with Gasteiger partial charge in [0.2, 0.25) is 0 Å². The summed E-state index contributed by atoms with van der Waals surface area (Å²) >= 11 is 0. The minimum atomic E-state index is -0.432. The fourth-order valence-corrected chi connectivity index (χ4v) is 4.45. The Labute approximate surface area is 144 Å². The lowest BCUT2D eigenvalue weighted by Gasteiger charge is -2.31. The lowest BCUT2D eigenvalue weighted by Crippen LogP contribution is -2.31. The van der Waals surface area contributed by atoms with E-state index in [1.54, 1.807) is 6.07 Å². The van der Waals surface area contributed by atoms with E-state index in [1.807, 2.05) is 6.07 Å². The predicted molar refractivity (Wildman–Crippen MR) is 93.2 cm³/mol. The molecule has 1 aliphatic heterocycles. The van der Waals surface area contributed by atoms with Crippen molar-refractivity contribution < 1.29 is 13.9 Å². The van der Waals surface area contributed by atoms with Crippen LogP contribution >= 0.6 is 0 Å². The normalized spacial score (nSPS) is 29.7. The number of halogens is 1. The van der Waals surface area contributed by atoms with Crippen molar-refractivity contribution in [3.8, 4) is 0 Å². The third kappa shape index (κ3) is 3.16. The molecule has 3 heteroatoms. The lowest BCUT2D eigenvalue weighted by atomic mass is 9.79. The van der Waals surface area contributed by atoms with Crippen molar-refractivity contribution in [1.29, 1.82) is 0 Å². The van der Waals surface area contributed by atoms with E-state index in [2.05, 4.69) is 19.1 Å². The van der Waals surface area contributed by atoms with Gasteiger partial charge in [-0.15, -0.1) is 0 Å². The summed E-state index contributed by atoms with van der Waals surface area (Å²) in [5.41, 5.74) is 3.04. The highest BCUT2D eigenvalue weighted by Crippen LogP contribution is 2.40. The maximum atomic E-state index is 14.7. The Morgan fingerprint density at radius 3 is 2.46 bits per heavy atom. The SMILES string of the molecule is CC1CCC(c2ccc(C3=CCC4(CC3)OCCO4)c(F)c2)CC1. The first-order chi connectivity index (χ1) is 11.7. The van der Waals surface area contributed by atoms with E-state index in [0.29, 0.717) is 19.1 Å². The second-order valence-corrected chi connectivity index (χ2v) is 7.74. The number of ether oxygens (including phenoxy) is 2. The zero-order chi connectivity index (χ0) is 16.6. The second kappa shape index (κ2) is 6.61. The molecule has 1 saturated carbocycles. The smallest absolute Gasteiger partial charge is 0.172 e. The van der Waals surface area contributed by atoms with E-state index < -0.39 is 5.79 Å². The highest BCUT2D eigenvalue weighted by atomic mass is 19.1. The van der Waals surface area contributed by atoms with Crippen molar-refractivity contribution in [3.05, 3.63) is 41.2 Å². The van der Waals surface area contributed by atoms with Gasteiger partial charge >= 0.3 is 0 Å². The zero-order valence-corrected chi connectivity index (χ0v) is 14.5. The van der Waals surface area contributed by atoms with Crippen LogP contribution in [0.3, 0.4) is 0 Å². The number of allylic oxidation sites excluding steroid dienone is 1. The van der Waals surface area contributed by atoms with Crippen LogP contribution in [0.1, 0.15) is 68.9 Å². The molecule has 2 aliphatic carbocycles. The van der Waals surface area contributed by atoms with Gasteiger partial charge in [0.05, 0.1) is 13.2 Å². The molecule has 2 nitrogen and oxygen atoms in total. The first-order valence-corrected chi connectivity index (χ1v) is 9.42. The molecule has 0 radical (unpaired) electrons. The number of hydrogen-bond acceptors (Lipinski definition) is 2. The van der Waals surface area contributed by atoms with Gasteiger partial charge < -0.3 is 9.47 Å². The molecule has 24 heavy (non-hydrogen) atoms. The van der Waals surface area contributed by atoms with Crippen LogP contribution in [0, 0.1) is 11.7 Å². The Balaban J connectivity index is 1.49. The van der Waals surface area contributed by atoms with Gasteiger partial charge in [0.25, 0.3) is 0 Å². The fraction of sp³-hybridized carbons (Fsp3) is 0.619. The zero-order valence-electron chi connectivity index (χ0n) is 14.5. The summed E-state index contributed by atoms with van der Waals surface area (Å²) in [6, 6.07) is 5.92. The third-order valence-corrected chi connectivity index (χ3v) is 6.07. The van der Waals surface area contributed by atoms with Gasteiger partial charge in [-0.1, -0.05) is 38.0 Å². The highest BCUT2D eigenvalue weighted by Gasteiger charge is 2.38. The minimum absolute atomic E-state index is 0.0680. The maximum absolute atomic E-state index is 14.7. The Kier molecular flexibility index (Phi) is 4.48. The third-order valence-electron chi connectivity index (χ3n) is 6.07. The Hall–Kier alpha value is -1.19. The van der Waals surface area contributed by atoms with Gasteiger partial charge in [-0.05, 0) is 48.3 Å². The van der Waals surface area contributed by atoms with Crippen LogP contribution in [0.15, 0.2) is 24.3 Å². The van der Waals surface area contributed by atoms with E-state index in [0.717, 1.165) is 36.3 Å². The van der Waals surface area contributed by atoms with Crippen LogP contribution in [0.5, 0.6) is 0 Å². The van der Waals surface area contributed by atoms with Gasteiger partial charge in [0.15, 0.2) is 5.79 Å². The van der Waals surface area contributed by atoms with Gasteiger partial charge in [-0.2, -0.15) is 0 Å². The van der Waals surface area contributed by atoms with Crippen LogP contribution in [0.4, 0.5) is 4.39 Å². The quantitative estimate of drug-likeness (QED) is 0.720.